The van der Waals surface area contributed by atoms with Gasteiger partial charge in [-0.1, -0.05) is 32.4 Å². The summed E-state index contributed by atoms with van der Waals surface area (Å²) in [5, 5.41) is 0.539. The van der Waals surface area contributed by atoms with Crippen molar-refractivity contribution in [1.82, 2.24) is 15.8 Å². The van der Waals surface area contributed by atoms with Crippen LogP contribution in [-0.2, 0) is 5.41 Å². The predicted octanol–water partition coefficient (Wildman–Crippen LogP) is 3.11. The van der Waals surface area contributed by atoms with Crippen molar-refractivity contribution in [2.24, 2.45) is 0 Å². The third-order valence-electron chi connectivity index (χ3n) is 3.19. The monoisotopic (exact) mass is 331 g/mol. The van der Waals surface area contributed by atoms with Crippen LogP contribution in [0.5, 0.6) is 0 Å². The zero-order chi connectivity index (χ0) is 17.0. The molecule has 0 spiro atoms. The maximum atomic E-state index is 12.1. The van der Waals surface area contributed by atoms with Crippen molar-refractivity contribution in [3.8, 4) is 0 Å². The molecule has 23 heavy (non-hydrogen) atoms. The second kappa shape index (κ2) is 6.79. The van der Waals surface area contributed by atoms with E-state index in [9.17, 15) is 9.59 Å². The Hall–Kier alpha value is -2.40. The molecule has 0 saturated carbocycles. The molecule has 2 amide bonds. The number of aromatic nitrogens is 1. The van der Waals surface area contributed by atoms with E-state index in [1.165, 1.54) is 0 Å². The molecule has 1 aromatic carbocycles. The van der Waals surface area contributed by atoms with E-state index < -0.39 is 11.8 Å². The third-order valence-corrected chi connectivity index (χ3v) is 3.44. The topological polar surface area (TPSA) is 71.1 Å². The van der Waals surface area contributed by atoms with E-state index in [2.05, 4.69) is 15.8 Å². The Kier molecular flexibility index (Phi) is 5.01. The first-order valence-electron chi connectivity index (χ1n) is 7.10. The van der Waals surface area contributed by atoms with Crippen molar-refractivity contribution in [1.29, 1.82) is 0 Å². The molecule has 0 fully saturated rings. The largest absolute Gasteiger partial charge is 0.269 e. The van der Waals surface area contributed by atoms with Gasteiger partial charge in [-0.3, -0.25) is 25.4 Å². The van der Waals surface area contributed by atoms with E-state index in [-0.39, 0.29) is 5.41 Å². The van der Waals surface area contributed by atoms with Gasteiger partial charge in [-0.25, -0.2) is 0 Å². The quantitative estimate of drug-likeness (QED) is 0.831. The molecule has 2 aromatic rings. The van der Waals surface area contributed by atoms with Gasteiger partial charge in [0.15, 0.2) is 0 Å². The number of hydrogen-bond donors (Lipinski definition) is 2. The van der Waals surface area contributed by atoms with Crippen LogP contribution in [-0.4, -0.2) is 16.8 Å². The summed E-state index contributed by atoms with van der Waals surface area (Å²) in [6.45, 7) is 6.04. The van der Waals surface area contributed by atoms with Crippen LogP contribution in [0.15, 0.2) is 42.6 Å². The van der Waals surface area contributed by atoms with Gasteiger partial charge in [-0.15, -0.1) is 0 Å². The SMILES string of the molecule is CC(C)(C)c1cc(C(=O)NNC(=O)c2ccc(Cl)cc2)ccn1. The number of rotatable bonds is 2. The lowest BCUT2D eigenvalue weighted by molar-refractivity contribution is 0.0846. The summed E-state index contributed by atoms with van der Waals surface area (Å²) in [5.74, 6) is -0.819. The van der Waals surface area contributed by atoms with Gasteiger partial charge >= 0.3 is 0 Å². The van der Waals surface area contributed by atoms with Crippen LogP contribution >= 0.6 is 11.6 Å². The van der Waals surface area contributed by atoms with Gasteiger partial charge < -0.3 is 0 Å². The molecule has 0 bridgehead atoms. The maximum absolute atomic E-state index is 12.1. The second-order valence-electron chi connectivity index (χ2n) is 6.09. The average Bonchev–Trinajstić information content (AvgIpc) is 2.52. The van der Waals surface area contributed by atoms with Crippen LogP contribution in [0.25, 0.3) is 0 Å². The molecule has 0 aliphatic rings. The summed E-state index contributed by atoms with van der Waals surface area (Å²) >= 11 is 5.77. The number of benzene rings is 1. The third kappa shape index (κ3) is 4.53. The molecule has 2 N–H and O–H groups in total. The van der Waals surface area contributed by atoms with Crippen molar-refractivity contribution >= 4 is 23.4 Å². The van der Waals surface area contributed by atoms with Crippen LogP contribution in [0.2, 0.25) is 5.02 Å². The van der Waals surface area contributed by atoms with E-state index in [1.807, 2.05) is 20.8 Å². The molecule has 0 saturated heterocycles. The molecule has 2 rings (SSSR count). The zero-order valence-corrected chi connectivity index (χ0v) is 13.9. The minimum absolute atomic E-state index is 0.164. The molecule has 1 aromatic heterocycles. The lowest BCUT2D eigenvalue weighted by Gasteiger charge is -2.18. The molecule has 0 radical (unpaired) electrons. The maximum Gasteiger partial charge on any atom is 0.269 e. The highest BCUT2D eigenvalue weighted by Gasteiger charge is 2.17. The molecular formula is C17H18ClN3O2. The van der Waals surface area contributed by atoms with Crippen LogP contribution in [0.1, 0.15) is 47.2 Å². The molecule has 0 atom stereocenters. The number of nitrogens with one attached hydrogen (secondary N) is 2. The number of halogens is 1. The summed E-state index contributed by atoms with van der Waals surface area (Å²) in [5.41, 5.74) is 6.23. The van der Waals surface area contributed by atoms with Crippen molar-refractivity contribution in [2.45, 2.75) is 26.2 Å². The Balaban J connectivity index is 2.02. The highest BCUT2D eigenvalue weighted by Crippen LogP contribution is 2.20. The fraction of sp³-hybridized carbons (Fsp3) is 0.235. The number of carbonyl (C=O) groups is 2. The lowest BCUT2D eigenvalue weighted by atomic mass is 9.91. The normalized spacial score (nSPS) is 11.0. The highest BCUT2D eigenvalue weighted by atomic mass is 35.5. The number of amides is 2. The first-order chi connectivity index (χ1) is 10.8. The predicted molar refractivity (Wildman–Crippen MR) is 89.3 cm³/mol. The van der Waals surface area contributed by atoms with Crippen LogP contribution in [0.4, 0.5) is 0 Å². The summed E-state index contributed by atoms with van der Waals surface area (Å²) in [4.78, 5) is 28.3. The Labute approximate surface area is 140 Å². The summed E-state index contributed by atoms with van der Waals surface area (Å²) in [7, 11) is 0. The molecule has 0 aliphatic carbocycles. The van der Waals surface area contributed by atoms with Crippen LogP contribution in [0, 0.1) is 0 Å². The highest BCUT2D eigenvalue weighted by molar-refractivity contribution is 6.30. The smallest absolute Gasteiger partial charge is 0.267 e. The fourth-order valence-corrected chi connectivity index (χ4v) is 1.97. The minimum Gasteiger partial charge on any atom is -0.267 e. The van der Waals surface area contributed by atoms with Crippen LogP contribution in [0.3, 0.4) is 0 Å². The fourth-order valence-electron chi connectivity index (χ4n) is 1.84. The van der Waals surface area contributed by atoms with E-state index in [4.69, 9.17) is 11.6 Å². The molecule has 1 heterocycles. The first-order valence-corrected chi connectivity index (χ1v) is 7.48. The van der Waals surface area contributed by atoms with Crippen LogP contribution < -0.4 is 10.9 Å². The summed E-state index contributed by atoms with van der Waals surface area (Å²) in [6, 6.07) is 9.68. The van der Waals surface area contributed by atoms with Gasteiger partial charge in [0.25, 0.3) is 11.8 Å². The van der Waals surface area contributed by atoms with Crippen molar-refractivity contribution < 1.29 is 9.59 Å². The van der Waals surface area contributed by atoms with Gasteiger partial charge in [0, 0.05) is 33.5 Å². The number of hydrazine groups is 1. The number of hydrogen-bond acceptors (Lipinski definition) is 3. The molecule has 0 unspecified atom stereocenters. The first kappa shape index (κ1) is 17.0. The second-order valence-corrected chi connectivity index (χ2v) is 6.53. The minimum atomic E-state index is -0.417. The molecule has 120 valence electrons. The van der Waals surface area contributed by atoms with Crippen molar-refractivity contribution in [3.63, 3.8) is 0 Å². The van der Waals surface area contributed by atoms with Crippen molar-refractivity contribution in [3.05, 3.63) is 64.4 Å². The number of carbonyl (C=O) groups excluding carboxylic acids is 2. The van der Waals surface area contributed by atoms with Gasteiger partial charge in [0.05, 0.1) is 0 Å². The lowest BCUT2D eigenvalue weighted by Crippen LogP contribution is -2.41. The van der Waals surface area contributed by atoms with E-state index in [0.29, 0.717) is 16.1 Å². The standard InChI is InChI=1S/C17H18ClN3O2/c1-17(2,3)14-10-12(8-9-19-14)16(23)21-20-15(22)11-4-6-13(18)7-5-11/h4-10H,1-3H3,(H,20,22)(H,21,23). The number of nitrogens with zero attached hydrogens (tertiary/aromatic N) is 1. The molecule has 6 heteroatoms. The van der Waals surface area contributed by atoms with E-state index in [0.717, 1.165) is 5.69 Å². The molecule has 5 nitrogen and oxygen atoms in total. The van der Waals surface area contributed by atoms with Crippen molar-refractivity contribution in [2.75, 3.05) is 0 Å². The van der Waals surface area contributed by atoms with Gasteiger partial charge in [0.2, 0.25) is 0 Å². The molecule has 0 aliphatic heterocycles. The van der Waals surface area contributed by atoms with Gasteiger partial charge in [-0.2, -0.15) is 0 Å². The summed E-state index contributed by atoms with van der Waals surface area (Å²) < 4.78 is 0. The zero-order valence-electron chi connectivity index (χ0n) is 13.2. The van der Waals surface area contributed by atoms with E-state index in [1.54, 1.807) is 42.6 Å². The summed E-state index contributed by atoms with van der Waals surface area (Å²) in [6.07, 6.45) is 1.58. The Morgan fingerprint density at radius 2 is 1.52 bits per heavy atom. The van der Waals surface area contributed by atoms with Gasteiger partial charge in [-0.05, 0) is 36.4 Å². The Morgan fingerprint density at radius 1 is 0.957 bits per heavy atom. The Morgan fingerprint density at radius 3 is 2.09 bits per heavy atom. The number of pyridine rings is 1. The Bertz CT molecular complexity index is 721. The van der Waals surface area contributed by atoms with E-state index >= 15 is 0 Å². The molecular weight excluding hydrogens is 314 g/mol. The van der Waals surface area contributed by atoms with Gasteiger partial charge in [0.1, 0.15) is 0 Å². The average molecular weight is 332 g/mol.